The third-order valence-corrected chi connectivity index (χ3v) is 2.96. The van der Waals surface area contributed by atoms with Crippen LogP contribution in [-0.2, 0) is 13.2 Å². The van der Waals surface area contributed by atoms with E-state index >= 15 is 0 Å². The molecule has 1 aliphatic rings. The highest BCUT2D eigenvalue weighted by Gasteiger charge is 2.11. The molecule has 0 aliphatic carbocycles. The predicted octanol–water partition coefficient (Wildman–Crippen LogP) is 3.13. The Balaban J connectivity index is 1.73. The van der Waals surface area contributed by atoms with Crippen molar-refractivity contribution in [3.63, 3.8) is 0 Å². The fourth-order valence-electron chi connectivity index (χ4n) is 1.99. The zero-order chi connectivity index (χ0) is 13.1. The van der Waals surface area contributed by atoms with Gasteiger partial charge in [0.2, 0.25) is 0 Å². The molecule has 0 fully saturated rings. The first kappa shape index (κ1) is 11.7. The van der Waals surface area contributed by atoms with E-state index in [4.69, 9.17) is 4.74 Å². The van der Waals surface area contributed by atoms with Crippen LogP contribution in [0.2, 0.25) is 0 Å². The molecule has 1 N–H and O–H groups in total. The van der Waals surface area contributed by atoms with Crippen molar-refractivity contribution in [1.29, 1.82) is 0 Å². The topological polar surface area (TPSA) is 45.1 Å². The van der Waals surface area contributed by atoms with Crippen molar-refractivity contribution in [2.75, 3.05) is 0 Å². The third kappa shape index (κ3) is 2.74. The van der Waals surface area contributed by atoms with Crippen LogP contribution in [0.3, 0.4) is 0 Å². The number of fused-ring (bicyclic) bond motifs is 1. The molecule has 1 aliphatic heterocycles. The summed E-state index contributed by atoms with van der Waals surface area (Å²) in [5.74, 6) is 0.785. The molecular weight excluding hydrogens is 240 g/mol. The molecular formula is C15H14N2O2. The fraction of sp³-hybridized carbons (Fsp3) is 0.133. The monoisotopic (exact) mass is 254 g/mol. The average molecular weight is 254 g/mol. The van der Waals surface area contributed by atoms with E-state index < -0.39 is 0 Å². The maximum Gasteiger partial charge on any atom is 0.120 e. The van der Waals surface area contributed by atoms with Crippen molar-refractivity contribution in [2.45, 2.75) is 13.2 Å². The lowest BCUT2D eigenvalue weighted by Crippen LogP contribution is -2.19. The maximum absolute atomic E-state index is 9.40. The first-order valence-corrected chi connectivity index (χ1v) is 6.10. The van der Waals surface area contributed by atoms with Crippen molar-refractivity contribution < 1.29 is 9.94 Å². The lowest BCUT2D eigenvalue weighted by molar-refractivity contribution is -0.0179. The van der Waals surface area contributed by atoms with Gasteiger partial charge in [-0.15, -0.1) is 0 Å². The maximum atomic E-state index is 9.40. The molecule has 4 nitrogen and oxygen atoms in total. The highest BCUT2D eigenvalue weighted by molar-refractivity contribution is 5.66. The standard InChI is InChI=1S/C15H14N2O2/c18-17-9-13-8-14(6-7-15(13)16-11-17)19-10-12-4-2-1-3-5-12/h1-8,11,18H,9-10H2. The van der Waals surface area contributed by atoms with Crippen LogP contribution in [0.4, 0.5) is 5.69 Å². The van der Waals surface area contributed by atoms with Gasteiger partial charge in [-0.25, -0.2) is 10.1 Å². The number of ether oxygens (including phenoxy) is 1. The number of rotatable bonds is 3. The lowest BCUT2D eigenvalue weighted by Gasteiger charge is -2.18. The van der Waals surface area contributed by atoms with Crippen LogP contribution in [0.15, 0.2) is 53.5 Å². The molecule has 0 radical (unpaired) electrons. The molecule has 3 rings (SSSR count). The summed E-state index contributed by atoms with van der Waals surface area (Å²) in [4.78, 5) is 4.13. The molecule has 4 heteroatoms. The SMILES string of the molecule is ON1C=Nc2ccc(OCc3ccccc3)cc2C1. The van der Waals surface area contributed by atoms with Crippen molar-refractivity contribution >= 4 is 12.0 Å². The number of hydroxylamine groups is 2. The van der Waals surface area contributed by atoms with Crippen molar-refractivity contribution in [2.24, 2.45) is 4.99 Å². The smallest absolute Gasteiger partial charge is 0.120 e. The molecule has 0 bridgehead atoms. The molecule has 0 amide bonds. The normalized spacial score (nSPS) is 13.2. The number of hydrogen-bond donors (Lipinski definition) is 1. The second-order valence-electron chi connectivity index (χ2n) is 4.41. The Morgan fingerprint density at radius 3 is 2.84 bits per heavy atom. The van der Waals surface area contributed by atoms with Gasteiger partial charge in [-0.05, 0) is 23.8 Å². The molecule has 0 saturated carbocycles. The number of nitrogens with zero attached hydrogens (tertiary/aromatic N) is 2. The Bertz CT molecular complexity index is 596. The summed E-state index contributed by atoms with van der Waals surface area (Å²) in [6.45, 7) is 0.965. The van der Waals surface area contributed by atoms with Gasteiger partial charge in [0.1, 0.15) is 18.7 Å². The van der Waals surface area contributed by atoms with Crippen molar-refractivity contribution in [3.8, 4) is 5.75 Å². The molecule has 2 aromatic carbocycles. The zero-order valence-corrected chi connectivity index (χ0v) is 10.4. The third-order valence-electron chi connectivity index (χ3n) is 2.96. The van der Waals surface area contributed by atoms with Gasteiger partial charge >= 0.3 is 0 Å². The second kappa shape index (κ2) is 5.12. The van der Waals surface area contributed by atoms with Crippen molar-refractivity contribution in [3.05, 3.63) is 59.7 Å². The van der Waals surface area contributed by atoms with Crippen LogP contribution in [0, 0.1) is 0 Å². The van der Waals surface area contributed by atoms with Gasteiger partial charge in [0.05, 0.1) is 12.2 Å². The Hall–Kier alpha value is -2.33. The van der Waals surface area contributed by atoms with Crippen LogP contribution in [0.25, 0.3) is 0 Å². The Morgan fingerprint density at radius 2 is 2.00 bits per heavy atom. The van der Waals surface area contributed by atoms with Crippen LogP contribution >= 0.6 is 0 Å². The van der Waals surface area contributed by atoms with Gasteiger partial charge < -0.3 is 4.74 Å². The first-order chi connectivity index (χ1) is 9.31. The summed E-state index contributed by atoms with van der Waals surface area (Å²) in [7, 11) is 0. The van der Waals surface area contributed by atoms with E-state index in [9.17, 15) is 5.21 Å². The Labute approximate surface area is 111 Å². The zero-order valence-electron chi connectivity index (χ0n) is 10.4. The molecule has 0 atom stereocenters. The summed E-state index contributed by atoms with van der Waals surface area (Å²) in [5.41, 5.74) is 2.95. The van der Waals surface area contributed by atoms with E-state index in [1.165, 1.54) is 6.34 Å². The van der Waals surface area contributed by atoms with Crippen LogP contribution in [-0.4, -0.2) is 16.6 Å². The molecule has 0 saturated heterocycles. The number of aliphatic imine (C=N–C) groups is 1. The van der Waals surface area contributed by atoms with Gasteiger partial charge in [-0.1, -0.05) is 30.3 Å². The quantitative estimate of drug-likeness (QED) is 0.915. The van der Waals surface area contributed by atoms with E-state index in [0.29, 0.717) is 13.2 Å². The molecule has 0 spiro atoms. The number of hydrogen-bond acceptors (Lipinski definition) is 4. The summed E-state index contributed by atoms with van der Waals surface area (Å²) in [6, 6.07) is 15.7. The summed E-state index contributed by atoms with van der Waals surface area (Å²) in [6.07, 6.45) is 1.41. The second-order valence-corrected chi connectivity index (χ2v) is 4.41. The minimum atomic E-state index is 0.432. The number of benzene rings is 2. The largest absolute Gasteiger partial charge is 0.489 e. The summed E-state index contributed by atoms with van der Waals surface area (Å²) >= 11 is 0. The summed E-state index contributed by atoms with van der Waals surface area (Å²) in [5, 5.41) is 10.5. The minimum Gasteiger partial charge on any atom is -0.489 e. The Morgan fingerprint density at radius 1 is 1.16 bits per heavy atom. The highest BCUT2D eigenvalue weighted by atomic mass is 16.5. The molecule has 19 heavy (non-hydrogen) atoms. The van der Waals surface area contributed by atoms with Gasteiger partial charge in [-0.3, -0.25) is 5.21 Å². The van der Waals surface area contributed by atoms with Gasteiger partial charge in [0, 0.05) is 5.56 Å². The van der Waals surface area contributed by atoms with Crippen LogP contribution in [0.1, 0.15) is 11.1 Å². The van der Waals surface area contributed by atoms with E-state index in [1.807, 2.05) is 48.5 Å². The predicted molar refractivity (Wildman–Crippen MR) is 72.7 cm³/mol. The summed E-state index contributed by atoms with van der Waals surface area (Å²) < 4.78 is 5.74. The molecule has 1 heterocycles. The van der Waals surface area contributed by atoms with E-state index in [2.05, 4.69) is 4.99 Å². The minimum absolute atomic E-state index is 0.432. The molecule has 96 valence electrons. The molecule has 0 aromatic heterocycles. The van der Waals surface area contributed by atoms with Gasteiger partial charge in [0.25, 0.3) is 0 Å². The molecule has 0 unspecified atom stereocenters. The van der Waals surface area contributed by atoms with Crippen LogP contribution < -0.4 is 4.74 Å². The van der Waals surface area contributed by atoms with E-state index in [-0.39, 0.29) is 0 Å². The van der Waals surface area contributed by atoms with Gasteiger partial charge in [0.15, 0.2) is 0 Å². The first-order valence-electron chi connectivity index (χ1n) is 6.10. The fourth-order valence-corrected chi connectivity index (χ4v) is 1.99. The highest BCUT2D eigenvalue weighted by Crippen LogP contribution is 2.28. The van der Waals surface area contributed by atoms with Gasteiger partial charge in [-0.2, -0.15) is 0 Å². The Kier molecular flexibility index (Phi) is 3.16. The average Bonchev–Trinajstić information content (AvgIpc) is 2.46. The van der Waals surface area contributed by atoms with Crippen LogP contribution in [0.5, 0.6) is 5.75 Å². The van der Waals surface area contributed by atoms with E-state index in [0.717, 1.165) is 27.6 Å². The molecule has 2 aromatic rings. The van der Waals surface area contributed by atoms with E-state index in [1.54, 1.807) is 0 Å². The van der Waals surface area contributed by atoms with Crippen molar-refractivity contribution in [1.82, 2.24) is 5.06 Å². The lowest BCUT2D eigenvalue weighted by atomic mass is 10.1.